The van der Waals surface area contributed by atoms with Crippen LogP contribution in [0.5, 0.6) is 0 Å². The van der Waals surface area contributed by atoms with E-state index < -0.39 is 75.7 Å². The highest BCUT2D eigenvalue weighted by Crippen LogP contribution is 2.40. The Morgan fingerprint density at radius 3 is 2.25 bits per heavy atom. The molecule has 296 valence electrons. The molecule has 14 nitrogen and oxygen atoms in total. The third-order valence-corrected chi connectivity index (χ3v) is 10.3. The second kappa shape index (κ2) is 16.3. The van der Waals surface area contributed by atoms with Crippen molar-refractivity contribution >= 4 is 40.9 Å². The van der Waals surface area contributed by atoms with Crippen LogP contribution in [0, 0.1) is 22.6 Å². The predicted molar refractivity (Wildman–Crippen MR) is 200 cm³/mol. The van der Waals surface area contributed by atoms with Crippen LogP contribution in [0.15, 0.2) is 48.0 Å². The molecule has 1 aliphatic carbocycles. The van der Waals surface area contributed by atoms with Gasteiger partial charge in [-0.15, -0.1) is 0 Å². The first-order valence-electron chi connectivity index (χ1n) is 18.9. The van der Waals surface area contributed by atoms with Crippen molar-refractivity contribution in [3.05, 3.63) is 59.9 Å². The van der Waals surface area contributed by atoms with Crippen LogP contribution in [0.3, 0.4) is 0 Å². The van der Waals surface area contributed by atoms with Crippen molar-refractivity contribution in [2.45, 2.75) is 123 Å². The molecule has 2 fully saturated rings. The molecule has 1 saturated heterocycles. The van der Waals surface area contributed by atoms with Crippen molar-refractivity contribution < 1.29 is 38.0 Å². The first-order chi connectivity index (χ1) is 25.8. The van der Waals surface area contributed by atoms with Gasteiger partial charge in [0.2, 0.25) is 23.5 Å². The van der Waals surface area contributed by atoms with Gasteiger partial charge in [-0.3, -0.25) is 33.8 Å². The lowest BCUT2D eigenvalue weighted by molar-refractivity contribution is -0.146. The van der Waals surface area contributed by atoms with Crippen LogP contribution >= 0.6 is 0 Å². The minimum absolute atomic E-state index is 0.0118. The zero-order valence-electron chi connectivity index (χ0n) is 32.6. The monoisotopic (exact) mass is 761 g/mol. The predicted octanol–water partition coefficient (Wildman–Crippen LogP) is 3.68. The van der Waals surface area contributed by atoms with Gasteiger partial charge in [-0.2, -0.15) is 0 Å². The normalized spacial score (nSPS) is 21.2. The number of carbonyl (C=O) groups is 6. The van der Waals surface area contributed by atoms with Crippen molar-refractivity contribution in [2.24, 2.45) is 21.9 Å². The Labute approximate surface area is 320 Å². The van der Waals surface area contributed by atoms with Gasteiger partial charge in [0.15, 0.2) is 11.4 Å². The Morgan fingerprint density at radius 1 is 0.982 bits per heavy atom. The molecular formula is C40H52FN7O7. The number of hydrogen-bond acceptors (Lipinski definition) is 10. The molecule has 1 spiro atoms. The van der Waals surface area contributed by atoms with Crippen LogP contribution in [0.25, 0.3) is 0 Å². The number of likely N-dealkylation sites (tertiary alicyclic amines) is 1. The summed E-state index contributed by atoms with van der Waals surface area (Å²) in [6.45, 7) is 12.6. The molecule has 1 aromatic carbocycles. The van der Waals surface area contributed by atoms with E-state index in [2.05, 4.69) is 31.1 Å². The highest BCUT2D eigenvalue weighted by atomic mass is 19.1. The highest BCUT2D eigenvalue weighted by Gasteiger charge is 2.56. The number of nitrogens with zero attached hydrogens (tertiary/aromatic N) is 4. The largest absolute Gasteiger partial charge is 0.387 e. The molecule has 3 aliphatic rings. The summed E-state index contributed by atoms with van der Waals surface area (Å²) in [4.78, 5) is 97.9. The number of carbonyl (C=O) groups excluding carboxylic acids is 6. The first-order valence-corrected chi connectivity index (χ1v) is 18.9. The summed E-state index contributed by atoms with van der Waals surface area (Å²) in [5, 5.41) is 12.7. The Hall–Kier alpha value is -5.08. The molecule has 3 heterocycles. The number of oxime groups is 1. The maximum atomic E-state index is 14.8. The van der Waals surface area contributed by atoms with Crippen molar-refractivity contribution in [1.29, 1.82) is 0 Å². The fourth-order valence-electron chi connectivity index (χ4n) is 6.98. The molecular weight excluding hydrogens is 709 g/mol. The lowest BCUT2D eigenvalue weighted by atomic mass is 9.76. The van der Waals surface area contributed by atoms with Crippen molar-refractivity contribution in [1.82, 2.24) is 30.8 Å². The maximum absolute atomic E-state index is 14.8. The van der Waals surface area contributed by atoms with E-state index in [4.69, 9.17) is 4.84 Å². The molecule has 0 radical (unpaired) electrons. The summed E-state index contributed by atoms with van der Waals surface area (Å²) >= 11 is 0. The van der Waals surface area contributed by atoms with Gasteiger partial charge in [0.1, 0.15) is 23.6 Å². The van der Waals surface area contributed by atoms with Gasteiger partial charge in [-0.1, -0.05) is 72.2 Å². The number of rotatable bonds is 14. The number of nitrogens with one attached hydrogen (secondary N) is 3. The second-order valence-corrected chi connectivity index (χ2v) is 17.1. The number of aromatic nitrogens is 2. The van der Waals surface area contributed by atoms with E-state index in [1.54, 1.807) is 32.9 Å². The molecule has 3 N–H and O–H groups in total. The zero-order chi connectivity index (χ0) is 40.3. The lowest BCUT2D eigenvalue weighted by Crippen LogP contribution is -2.60. The average molecular weight is 762 g/mol. The highest BCUT2D eigenvalue weighted by molar-refractivity contribution is 6.38. The van der Waals surface area contributed by atoms with Crippen LogP contribution in [-0.2, 0) is 28.8 Å². The van der Waals surface area contributed by atoms with E-state index in [0.717, 1.165) is 12.8 Å². The molecule has 1 aromatic heterocycles. The van der Waals surface area contributed by atoms with Gasteiger partial charge in [-0.25, -0.2) is 9.37 Å². The van der Waals surface area contributed by atoms with Gasteiger partial charge in [0.25, 0.3) is 5.91 Å². The molecule has 1 saturated carbocycles. The molecule has 2 aromatic rings. The standard InChI is InChI=1S/C40H52FN7O7/c1-8-9-27(32(50)36(53)44-25-14-15-25)45-35(52)30-20-40(19-28(47-55-40)23-10-12-24(41)13-11-23)22-48(30)37(54)33(39(5,6)7)46-34(51)26(38(2,3)4)18-31(49)29-21-42-16-17-43-29/h10-13,16-17,21,25-27,30,33H,8-9,14-15,18-20,22H2,1-7H3,(H,44,53)(H,45,52)(H,46,51)/t26-,27+,30+,33-,40-/m1/s1. The SMILES string of the molecule is CCC[C@H](NC(=O)[C@@H]1C[C@]2(CC(c3ccc(F)cc3)=NO2)CN1C(=O)[C@@H](NC(=O)[C@@H](CC(=O)c1cnccn1)C(C)(C)C)C(C)(C)C)C(=O)C(=O)NC1CC1. The van der Waals surface area contributed by atoms with Crippen molar-refractivity contribution in [3.63, 3.8) is 0 Å². The average Bonchev–Trinajstić information content (AvgIpc) is 3.72. The fourth-order valence-corrected chi connectivity index (χ4v) is 6.98. The number of amides is 4. The molecule has 4 amide bonds. The Morgan fingerprint density at radius 2 is 1.67 bits per heavy atom. The van der Waals surface area contributed by atoms with Crippen LogP contribution in [0.4, 0.5) is 4.39 Å². The third-order valence-electron chi connectivity index (χ3n) is 10.3. The number of ketones is 2. The van der Waals surface area contributed by atoms with E-state index in [1.807, 2.05) is 27.7 Å². The van der Waals surface area contributed by atoms with E-state index in [1.165, 1.54) is 35.6 Å². The van der Waals surface area contributed by atoms with E-state index in [9.17, 15) is 33.2 Å². The summed E-state index contributed by atoms with van der Waals surface area (Å²) < 4.78 is 13.7. The maximum Gasteiger partial charge on any atom is 0.289 e. The topological polar surface area (TPSA) is 189 Å². The van der Waals surface area contributed by atoms with Crippen molar-refractivity contribution in [2.75, 3.05) is 6.54 Å². The van der Waals surface area contributed by atoms with Gasteiger partial charge in [-0.05, 0) is 47.8 Å². The molecule has 55 heavy (non-hydrogen) atoms. The second-order valence-electron chi connectivity index (χ2n) is 17.1. The molecule has 0 unspecified atom stereocenters. The summed E-state index contributed by atoms with van der Waals surface area (Å²) in [6.07, 6.45) is 6.44. The summed E-state index contributed by atoms with van der Waals surface area (Å²) in [7, 11) is 0. The van der Waals surface area contributed by atoms with Crippen LogP contribution in [0.1, 0.15) is 109 Å². The quantitative estimate of drug-likeness (QED) is 0.191. The molecule has 0 bridgehead atoms. The van der Waals surface area contributed by atoms with E-state index in [0.29, 0.717) is 17.7 Å². The third kappa shape index (κ3) is 9.97. The summed E-state index contributed by atoms with van der Waals surface area (Å²) in [6, 6.07) is 2.21. The Balaban J connectivity index is 1.43. The smallest absolute Gasteiger partial charge is 0.289 e. The number of halogens is 1. The number of benzene rings is 1. The van der Waals surface area contributed by atoms with Crippen LogP contribution in [0.2, 0.25) is 0 Å². The van der Waals surface area contributed by atoms with E-state index >= 15 is 0 Å². The fraction of sp³-hybridized carbons (Fsp3) is 0.575. The van der Waals surface area contributed by atoms with Crippen LogP contribution in [-0.4, -0.2) is 92.1 Å². The number of hydrogen-bond donors (Lipinski definition) is 3. The van der Waals surface area contributed by atoms with E-state index in [-0.39, 0.29) is 49.7 Å². The Kier molecular flexibility index (Phi) is 12.2. The summed E-state index contributed by atoms with van der Waals surface area (Å²) in [5.74, 6) is -4.95. The lowest BCUT2D eigenvalue weighted by Gasteiger charge is -2.38. The van der Waals surface area contributed by atoms with Gasteiger partial charge >= 0.3 is 0 Å². The summed E-state index contributed by atoms with van der Waals surface area (Å²) in [5.41, 5.74) is -1.50. The van der Waals surface area contributed by atoms with Crippen LogP contribution < -0.4 is 16.0 Å². The number of Topliss-reactive ketones (excluding diaryl/α,β-unsaturated/α-hetero) is 2. The zero-order valence-corrected chi connectivity index (χ0v) is 32.6. The molecule has 5 rings (SSSR count). The first kappa shape index (κ1) is 41.1. The molecule has 5 atom stereocenters. The van der Waals surface area contributed by atoms with Gasteiger partial charge < -0.3 is 25.7 Å². The van der Waals surface area contributed by atoms with Crippen molar-refractivity contribution in [3.8, 4) is 0 Å². The molecule has 2 aliphatic heterocycles. The minimum atomic E-state index is -1.17. The Bertz CT molecular complexity index is 1820. The molecule has 15 heteroatoms. The minimum Gasteiger partial charge on any atom is -0.387 e. The van der Waals surface area contributed by atoms with Gasteiger partial charge in [0, 0.05) is 37.7 Å². The van der Waals surface area contributed by atoms with Gasteiger partial charge in [0.05, 0.1) is 30.4 Å².